The molecule has 3 saturated heterocycles. The average Bonchev–Trinajstić information content (AvgIpc) is 3.63. The number of hydrogen-bond donors (Lipinski definition) is 0. The first-order valence-corrected chi connectivity index (χ1v) is 21.8. The summed E-state index contributed by atoms with van der Waals surface area (Å²) in [4.78, 5) is 18.6. The molecule has 4 aliphatic rings. The predicted octanol–water partition coefficient (Wildman–Crippen LogP) is 8.60. The van der Waals surface area contributed by atoms with Crippen molar-refractivity contribution in [3.63, 3.8) is 0 Å². The van der Waals surface area contributed by atoms with E-state index in [-0.39, 0.29) is 53.7 Å². The van der Waals surface area contributed by atoms with Crippen molar-refractivity contribution in [2.45, 2.75) is 102 Å². The van der Waals surface area contributed by atoms with Crippen molar-refractivity contribution < 1.29 is 32.1 Å². The molecule has 3 fully saturated rings. The van der Waals surface area contributed by atoms with Crippen LogP contribution in [0, 0.1) is 23.1 Å². The SMILES string of the molecule is COCOc1cc(-c2nc3c4c(nc(OC[C@@]56CCCN5C[C@H](F)C6)nc4c2F)N2CC[C@@H]2CO3)c2c(C#C[Si](C(C)C)(C(C)C)C(C)C)c(F)ccc2c1. The number of anilines is 1. The molecular weight excluding hydrogens is 724 g/mol. The Morgan fingerprint density at radius 2 is 1.78 bits per heavy atom. The summed E-state index contributed by atoms with van der Waals surface area (Å²) < 4.78 is 72.1. The Morgan fingerprint density at radius 1 is 1.00 bits per heavy atom. The van der Waals surface area contributed by atoms with Crippen LogP contribution in [-0.2, 0) is 4.74 Å². The number of aromatic nitrogens is 3. The van der Waals surface area contributed by atoms with E-state index < -0.39 is 31.4 Å². The van der Waals surface area contributed by atoms with Crippen LogP contribution in [0.1, 0.15) is 72.8 Å². The molecule has 0 aliphatic carbocycles. The van der Waals surface area contributed by atoms with E-state index in [0.717, 1.165) is 25.8 Å². The number of ether oxygens (including phenoxy) is 4. The van der Waals surface area contributed by atoms with E-state index in [4.69, 9.17) is 28.9 Å². The van der Waals surface area contributed by atoms with Crippen LogP contribution in [0.4, 0.5) is 19.0 Å². The van der Waals surface area contributed by atoms with Gasteiger partial charge in [-0.3, -0.25) is 4.90 Å². The Balaban J connectivity index is 1.34. The van der Waals surface area contributed by atoms with Crippen molar-refractivity contribution in [2.24, 2.45) is 0 Å². The van der Waals surface area contributed by atoms with Gasteiger partial charge in [-0.1, -0.05) is 53.5 Å². The minimum atomic E-state index is -2.29. The van der Waals surface area contributed by atoms with Crippen LogP contribution in [0.2, 0.25) is 16.6 Å². The molecule has 8 rings (SSSR count). The third-order valence-corrected chi connectivity index (χ3v) is 19.0. The predicted molar refractivity (Wildman–Crippen MR) is 210 cm³/mol. The number of alkyl halides is 1. The Bertz CT molecular complexity index is 2190. The smallest absolute Gasteiger partial charge is 0.319 e. The van der Waals surface area contributed by atoms with Gasteiger partial charge in [-0.05, 0) is 66.0 Å². The molecule has 0 N–H and O–H groups in total. The molecule has 0 radical (unpaired) electrons. The van der Waals surface area contributed by atoms with Crippen molar-refractivity contribution in [1.29, 1.82) is 0 Å². The van der Waals surface area contributed by atoms with Crippen molar-refractivity contribution in [3.05, 3.63) is 41.5 Å². The van der Waals surface area contributed by atoms with Crippen molar-refractivity contribution in [3.8, 4) is 40.4 Å². The lowest BCUT2D eigenvalue weighted by Crippen LogP contribution is -2.50. The molecule has 6 heterocycles. The highest BCUT2D eigenvalue weighted by atomic mass is 28.3. The topological polar surface area (TPSA) is 82.1 Å². The molecule has 292 valence electrons. The maximum Gasteiger partial charge on any atom is 0.319 e. The Labute approximate surface area is 321 Å². The van der Waals surface area contributed by atoms with Crippen LogP contribution in [0.3, 0.4) is 0 Å². The lowest BCUT2D eigenvalue weighted by atomic mass is 9.95. The van der Waals surface area contributed by atoms with Gasteiger partial charge in [0.05, 0.1) is 17.1 Å². The summed E-state index contributed by atoms with van der Waals surface area (Å²) in [7, 11) is -0.779. The number of methoxy groups -OCH3 is 1. The van der Waals surface area contributed by atoms with E-state index in [1.807, 2.05) is 0 Å². The van der Waals surface area contributed by atoms with Gasteiger partial charge in [-0.15, -0.1) is 5.54 Å². The van der Waals surface area contributed by atoms with E-state index >= 15 is 8.78 Å². The number of rotatable bonds is 10. The molecule has 9 nitrogen and oxygen atoms in total. The molecule has 4 aliphatic heterocycles. The lowest BCUT2D eigenvalue weighted by molar-refractivity contribution is 0.0512. The highest BCUT2D eigenvalue weighted by Gasteiger charge is 2.49. The maximum atomic E-state index is 17.5. The molecule has 0 amide bonds. The second-order valence-corrected chi connectivity index (χ2v) is 22.2. The first kappa shape index (κ1) is 37.8. The highest BCUT2D eigenvalue weighted by molar-refractivity contribution is 6.90. The van der Waals surface area contributed by atoms with Crippen LogP contribution in [0.25, 0.3) is 32.9 Å². The van der Waals surface area contributed by atoms with E-state index in [0.29, 0.717) is 70.5 Å². The quantitative estimate of drug-likeness (QED) is 0.0895. The van der Waals surface area contributed by atoms with Gasteiger partial charge in [-0.2, -0.15) is 9.97 Å². The fourth-order valence-corrected chi connectivity index (χ4v) is 15.1. The number of nitrogens with zero attached hydrogens (tertiary/aromatic N) is 5. The van der Waals surface area contributed by atoms with E-state index in [2.05, 4.69) is 67.8 Å². The van der Waals surface area contributed by atoms with Gasteiger partial charge in [-0.25, -0.2) is 18.2 Å². The van der Waals surface area contributed by atoms with E-state index in [9.17, 15) is 4.39 Å². The maximum absolute atomic E-state index is 17.5. The lowest BCUT2D eigenvalue weighted by Gasteiger charge is -2.40. The van der Waals surface area contributed by atoms with E-state index in [1.54, 1.807) is 18.2 Å². The number of benzene rings is 2. The number of halogens is 3. The molecule has 3 atom stereocenters. The average molecular weight is 774 g/mol. The third-order valence-electron chi connectivity index (χ3n) is 12.7. The number of fused-ring (bicyclic) bond motifs is 4. The summed E-state index contributed by atoms with van der Waals surface area (Å²) in [6.45, 7) is 15.6. The Kier molecular flexibility index (Phi) is 9.91. The zero-order valence-electron chi connectivity index (χ0n) is 32.8. The fourth-order valence-electron chi connectivity index (χ4n) is 9.91. The van der Waals surface area contributed by atoms with Gasteiger partial charge in [0.25, 0.3) is 0 Å². The summed E-state index contributed by atoms with van der Waals surface area (Å²) in [6, 6.07) is 6.51. The highest BCUT2D eigenvalue weighted by Crippen LogP contribution is 2.46. The fraction of sp³-hybridized carbons (Fsp3) is 0.548. The van der Waals surface area contributed by atoms with Gasteiger partial charge in [0, 0.05) is 37.6 Å². The molecule has 0 bridgehead atoms. The second kappa shape index (κ2) is 14.4. The summed E-state index contributed by atoms with van der Waals surface area (Å²) in [5.41, 5.74) is 4.55. The molecule has 0 unspecified atom stereocenters. The molecule has 0 saturated carbocycles. The monoisotopic (exact) mass is 773 g/mol. The summed E-state index contributed by atoms with van der Waals surface area (Å²) in [5.74, 6) is 3.16. The standard InChI is InChI=1S/C42H50F3N5O4Si/c1-24(2)55(25(3)4,26(5)6)16-12-31-33(44)10-9-27-17-30(54-23-51-7)18-32(34(27)31)37-36(45)38-35-39(50-15-11-29(50)21-52-40(35)46-37)48-41(47-38)53-22-42-13-8-14-49(42)20-28(43)19-42/h9-10,17-18,24-26,28-29H,8,11,13-15,19-23H2,1-7H3/t28-,29-,42+/m1/s1. The second-order valence-electron chi connectivity index (χ2n) is 16.6. The first-order valence-electron chi connectivity index (χ1n) is 19.6. The van der Waals surface area contributed by atoms with Crippen molar-refractivity contribution >= 4 is 35.6 Å². The minimum absolute atomic E-state index is 0.0116. The molecule has 4 aromatic rings. The zero-order valence-corrected chi connectivity index (χ0v) is 33.8. The summed E-state index contributed by atoms with van der Waals surface area (Å²) in [5, 5.41) is 1.37. The third kappa shape index (κ3) is 6.28. The van der Waals surface area contributed by atoms with Gasteiger partial charge in [0.15, 0.2) is 12.6 Å². The molecule has 2 aromatic carbocycles. The molecular formula is C42H50F3N5O4Si. The normalized spacial score (nSPS) is 22.1. The first-order chi connectivity index (χ1) is 26.4. The molecule has 0 spiro atoms. The van der Waals surface area contributed by atoms with Crippen LogP contribution in [0.5, 0.6) is 17.6 Å². The summed E-state index contributed by atoms with van der Waals surface area (Å²) >= 11 is 0. The number of pyridine rings is 1. The number of hydrogen-bond acceptors (Lipinski definition) is 9. The van der Waals surface area contributed by atoms with E-state index in [1.165, 1.54) is 13.2 Å². The Hall–Kier alpha value is -4.12. The minimum Gasteiger partial charge on any atom is -0.475 e. The van der Waals surface area contributed by atoms with Crippen LogP contribution in [-0.4, -0.2) is 92.4 Å². The van der Waals surface area contributed by atoms with Gasteiger partial charge in [0.2, 0.25) is 5.88 Å². The summed E-state index contributed by atoms with van der Waals surface area (Å²) in [6.07, 6.45) is 2.11. The van der Waals surface area contributed by atoms with Crippen LogP contribution < -0.4 is 19.1 Å². The van der Waals surface area contributed by atoms with Crippen LogP contribution in [0.15, 0.2) is 24.3 Å². The Morgan fingerprint density at radius 3 is 2.49 bits per heavy atom. The van der Waals surface area contributed by atoms with Crippen molar-refractivity contribution in [1.82, 2.24) is 19.9 Å². The molecule has 55 heavy (non-hydrogen) atoms. The van der Waals surface area contributed by atoms with Crippen LogP contribution >= 0.6 is 0 Å². The molecule has 2 aromatic heterocycles. The van der Waals surface area contributed by atoms with Gasteiger partial charge >= 0.3 is 6.01 Å². The molecule has 13 heteroatoms. The largest absolute Gasteiger partial charge is 0.475 e. The van der Waals surface area contributed by atoms with Gasteiger partial charge in [0.1, 0.15) is 61.4 Å². The zero-order chi connectivity index (χ0) is 38.8. The van der Waals surface area contributed by atoms with Crippen molar-refractivity contribution in [2.75, 3.05) is 51.7 Å². The van der Waals surface area contributed by atoms with Gasteiger partial charge < -0.3 is 23.8 Å².